The molecule has 5 aliphatic carbocycles. The van der Waals surface area contributed by atoms with Crippen LogP contribution in [-0.4, -0.2) is 0 Å². The van der Waals surface area contributed by atoms with Crippen LogP contribution in [0, 0.1) is 23.7 Å². The highest BCUT2D eigenvalue weighted by Crippen LogP contribution is 2.60. The van der Waals surface area contributed by atoms with Gasteiger partial charge in [0.25, 0.3) is 0 Å². The largest absolute Gasteiger partial charge is 0.310 e. The third-order valence-electron chi connectivity index (χ3n) is 14.0. The second kappa shape index (κ2) is 12.3. The van der Waals surface area contributed by atoms with Crippen molar-refractivity contribution in [2.75, 3.05) is 4.90 Å². The van der Waals surface area contributed by atoms with Gasteiger partial charge in [-0.2, -0.15) is 0 Å². The fraction of sp³-hybridized carbons (Fsp3) is 0.245. The molecule has 0 unspecified atom stereocenters. The molecule has 0 saturated heterocycles. The highest BCUT2D eigenvalue weighted by molar-refractivity contribution is 5.99. The first kappa shape index (κ1) is 32.1. The Bertz CT molecular complexity index is 2500. The summed E-state index contributed by atoms with van der Waals surface area (Å²) in [6.45, 7) is 4.82. The van der Waals surface area contributed by atoms with E-state index in [1.54, 1.807) is 5.56 Å². The van der Waals surface area contributed by atoms with Crippen LogP contribution in [0.3, 0.4) is 0 Å². The normalized spacial score (nSPS) is 23.0. The highest BCUT2D eigenvalue weighted by atomic mass is 15.1. The summed E-state index contributed by atoms with van der Waals surface area (Å²) < 4.78 is 0. The molecule has 0 N–H and O–H groups in total. The Kier molecular flexibility index (Phi) is 7.32. The van der Waals surface area contributed by atoms with Crippen LogP contribution in [0.5, 0.6) is 0 Å². The SMILES string of the molecule is CC1(C)c2cc(N(c3ccc(C4C5CC6CC(C5)CC4C6)cc3)c3cc4ccccc4cc3-c3ccccc3)ccc2-c2c(-c3ccccc3)cccc21. The number of fused-ring (bicyclic) bond motifs is 4. The molecule has 0 radical (unpaired) electrons. The molecule has 7 aromatic rings. The zero-order valence-electron chi connectivity index (χ0n) is 31.4. The van der Waals surface area contributed by atoms with Crippen molar-refractivity contribution >= 4 is 27.8 Å². The van der Waals surface area contributed by atoms with Crippen molar-refractivity contribution in [3.63, 3.8) is 0 Å². The fourth-order valence-corrected chi connectivity index (χ4v) is 11.8. The molecule has 54 heavy (non-hydrogen) atoms. The molecule has 4 saturated carbocycles. The number of hydrogen-bond donors (Lipinski definition) is 0. The zero-order chi connectivity index (χ0) is 36.0. The van der Waals surface area contributed by atoms with Crippen LogP contribution in [-0.2, 0) is 5.41 Å². The second-order valence-electron chi connectivity index (χ2n) is 17.4. The van der Waals surface area contributed by atoms with Crippen LogP contribution in [0.15, 0.2) is 158 Å². The van der Waals surface area contributed by atoms with Gasteiger partial charge in [0.05, 0.1) is 5.69 Å². The quantitative estimate of drug-likeness (QED) is 0.167. The number of anilines is 3. The molecular weight excluding hydrogens is 651 g/mol. The van der Waals surface area contributed by atoms with E-state index in [1.807, 2.05) is 0 Å². The van der Waals surface area contributed by atoms with E-state index in [4.69, 9.17) is 0 Å². The predicted molar refractivity (Wildman–Crippen MR) is 227 cm³/mol. The number of nitrogens with zero attached hydrogens (tertiary/aromatic N) is 1. The van der Waals surface area contributed by atoms with E-state index in [0.717, 1.165) is 29.6 Å². The molecular formula is C53H47N. The second-order valence-corrected chi connectivity index (χ2v) is 17.4. The van der Waals surface area contributed by atoms with E-state index in [9.17, 15) is 0 Å². The van der Waals surface area contributed by atoms with Crippen LogP contribution < -0.4 is 4.90 Å². The van der Waals surface area contributed by atoms with E-state index in [0.29, 0.717) is 0 Å². The molecule has 4 bridgehead atoms. The van der Waals surface area contributed by atoms with Gasteiger partial charge in [0.15, 0.2) is 0 Å². The molecule has 0 spiro atoms. The van der Waals surface area contributed by atoms with Crippen molar-refractivity contribution in [2.45, 2.75) is 57.3 Å². The minimum Gasteiger partial charge on any atom is -0.310 e. The maximum absolute atomic E-state index is 2.55. The molecule has 0 aliphatic heterocycles. The summed E-state index contributed by atoms with van der Waals surface area (Å²) in [5.41, 5.74) is 15.6. The van der Waals surface area contributed by atoms with Crippen molar-refractivity contribution in [3.8, 4) is 33.4 Å². The van der Waals surface area contributed by atoms with Gasteiger partial charge in [-0.1, -0.05) is 135 Å². The van der Waals surface area contributed by atoms with Crippen LogP contribution in [0.2, 0.25) is 0 Å². The third kappa shape index (κ3) is 5.04. The summed E-state index contributed by atoms with van der Waals surface area (Å²) >= 11 is 0. The van der Waals surface area contributed by atoms with E-state index < -0.39 is 0 Å². The molecule has 1 heteroatoms. The van der Waals surface area contributed by atoms with E-state index in [2.05, 4.69) is 176 Å². The van der Waals surface area contributed by atoms with Crippen molar-refractivity contribution < 1.29 is 0 Å². The van der Waals surface area contributed by atoms with Crippen LogP contribution in [0.1, 0.15) is 68.6 Å². The van der Waals surface area contributed by atoms with Gasteiger partial charge in [0.1, 0.15) is 0 Å². The van der Waals surface area contributed by atoms with E-state index >= 15 is 0 Å². The van der Waals surface area contributed by atoms with Crippen molar-refractivity contribution in [3.05, 3.63) is 174 Å². The summed E-state index contributed by atoms with van der Waals surface area (Å²) in [5, 5.41) is 2.51. The first-order chi connectivity index (χ1) is 26.5. The molecule has 12 rings (SSSR count). The monoisotopic (exact) mass is 697 g/mol. The number of hydrogen-bond acceptors (Lipinski definition) is 1. The van der Waals surface area contributed by atoms with Gasteiger partial charge in [-0.15, -0.1) is 0 Å². The zero-order valence-corrected chi connectivity index (χ0v) is 31.4. The lowest BCUT2D eigenvalue weighted by atomic mass is 9.51. The van der Waals surface area contributed by atoms with Crippen molar-refractivity contribution in [1.82, 2.24) is 0 Å². The Morgan fingerprint density at radius 2 is 1.06 bits per heavy atom. The van der Waals surface area contributed by atoms with Gasteiger partial charge >= 0.3 is 0 Å². The lowest BCUT2D eigenvalue weighted by Gasteiger charge is -2.54. The summed E-state index contributed by atoms with van der Waals surface area (Å²) in [6, 6.07) is 59.5. The molecule has 4 fully saturated rings. The fourth-order valence-electron chi connectivity index (χ4n) is 11.8. The first-order valence-corrected chi connectivity index (χ1v) is 20.3. The molecule has 0 atom stereocenters. The Balaban J connectivity index is 1.09. The Morgan fingerprint density at radius 3 is 1.72 bits per heavy atom. The van der Waals surface area contributed by atoms with E-state index in [-0.39, 0.29) is 5.41 Å². The first-order valence-electron chi connectivity index (χ1n) is 20.3. The van der Waals surface area contributed by atoms with Gasteiger partial charge in [-0.05, 0) is 153 Å². The van der Waals surface area contributed by atoms with Crippen LogP contribution in [0.4, 0.5) is 17.1 Å². The smallest absolute Gasteiger partial charge is 0.0546 e. The standard InChI is InChI=1S/C53H47N/c1-53(2)48-19-11-18-45(36-12-5-3-6-13-36)52(48)46-25-24-44(33-49(46)53)54(50-32-40-17-10-9-16-39(40)31-47(50)37-14-7-4-8-15-37)43-22-20-38(21-23-43)51-41-27-34-26-35(29-41)30-42(51)28-34/h3-25,31-35,41-42,51H,26-30H2,1-2H3. The van der Waals surface area contributed by atoms with Gasteiger partial charge in [0.2, 0.25) is 0 Å². The highest BCUT2D eigenvalue weighted by Gasteiger charge is 2.48. The van der Waals surface area contributed by atoms with Crippen LogP contribution in [0.25, 0.3) is 44.2 Å². The molecule has 0 amide bonds. The Labute approximate surface area is 320 Å². The number of rotatable bonds is 6. The molecule has 0 aromatic heterocycles. The molecule has 0 heterocycles. The Morgan fingerprint density at radius 1 is 0.463 bits per heavy atom. The third-order valence-corrected chi connectivity index (χ3v) is 14.0. The molecule has 7 aromatic carbocycles. The molecule has 1 nitrogen and oxygen atoms in total. The maximum atomic E-state index is 2.55. The topological polar surface area (TPSA) is 3.24 Å². The lowest BCUT2D eigenvalue weighted by Crippen LogP contribution is -2.43. The Hall–Kier alpha value is -5.40. The average molecular weight is 698 g/mol. The average Bonchev–Trinajstić information content (AvgIpc) is 3.44. The molecule has 264 valence electrons. The van der Waals surface area contributed by atoms with Gasteiger partial charge < -0.3 is 4.90 Å². The molecule has 5 aliphatic rings. The maximum Gasteiger partial charge on any atom is 0.0546 e. The minimum absolute atomic E-state index is 0.147. The summed E-state index contributed by atoms with van der Waals surface area (Å²) in [5.74, 6) is 4.44. The summed E-state index contributed by atoms with van der Waals surface area (Å²) in [7, 11) is 0. The summed E-state index contributed by atoms with van der Waals surface area (Å²) in [4.78, 5) is 2.55. The number of benzene rings is 7. The van der Waals surface area contributed by atoms with E-state index in [1.165, 1.54) is 104 Å². The summed E-state index contributed by atoms with van der Waals surface area (Å²) in [6.07, 6.45) is 7.29. The minimum atomic E-state index is -0.147. The van der Waals surface area contributed by atoms with Crippen molar-refractivity contribution in [2.24, 2.45) is 23.7 Å². The van der Waals surface area contributed by atoms with Gasteiger partial charge in [0, 0.05) is 22.4 Å². The van der Waals surface area contributed by atoms with Gasteiger partial charge in [-0.3, -0.25) is 0 Å². The predicted octanol–water partition coefficient (Wildman–Crippen LogP) is 14.5. The lowest BCUT2D eigenvalue weighted by molar-refractivity contribution is -0.00277. The van der Waals surface area contributed by atoms with Crippen molar-refractivity contribution in [1.29, 1.82) is 0 Å². The van der Waals surface area contributed by atoms with Crippen LogP contribution >= 0.6 is 0 Å². The van der Waals surface area contributed by atoms with Gasteiger partial charge in [-0.25, -0.2) is 0 Å².